The zero-order valence-electron chi connectivity index (χ0n) is 12.8. The van der Waals surface area contributed by atoms with Crippen LogP contribution in [0.25, 0.3) is 0 Å². The highest BCUT2D eigenvalue weighted by atomic mass is 16.5. The molecule has 0 bridgehead atoms. The number of hydrogen-bond donors (Lipinski definition) is 1. The summed E-state index contributed by atoms with van der Waals surface area (Å²) in [7, 11) is 1.40. The molecule has 1 N–H and O–H groups in total. The van der Waals surface area contributed by atoms with E-state index in [0.717, 1.165) is 12.0 Å². The Balaban J connectivity index is 3.14. The maximum absolute atomic E-state index is 12.4. The molecule has 0 aliphatic carbocycles. The van der Waals surface area contributed by atoms with E-state index in [9.17, 15) is 4.79 Å². The molecule has 0 aliphatic heterocycles. The summed E-state index contributed by atoms with van der Waals surface area (Å²) in [6.45, 7) is 6.92. The lowest BCUT2D eigenvalue weighted by Gasteiger charge is -2.34. The van der Waals surface area contributed by atoms with E-state index in [0.29, 0.717) is 6.61 Å². The van der Waals surface area contributed by atoms with Crippen molar-refractivity contribution in [2.45, 2.75) is 38.8 Å². The van der Waals surface area contributed by atoms with Gasteiger partial charge in [-0.3, -0.25) is 5.32 Å². The third-order valence-electron chi connectivity index (χ3n) is 3.00. The van der Waals surface area contributed by atoms with E-state index in [1.54, 1.807) is 0 Å². The van der Waals surface area contributed by atoms with Gasteiger partial charge in [0.15, 0.2) is 5.54 Å². The third-order valence-corrected chi connectivity index (χ3v) is 3.00. The molecule has 1 atom stereocenters. The van der Waals surface area contributed by atoms with Gasteiger partial charge in [-0.15, -0.1) is 0 Å². The Hall–Kier alpha value is -1.39. The van der Waals surface area contributed by atoms with Crippen molar-refractivity contribution in [1.29, 1.82) is 0 Å². The highest BCUT2D eigenvalue weighted by Crippen LogP contribution is 2.24. The molecule has 0 spiro atoms. The summed E-state index contributed by atoms with van der Waals surface area (Å²) in [6.07, 6.45) is 0.910. The van der Waals surface area contributed by atoms with Crippen LogP contribution in [-0.4, -0.2) is 32.3 Å². The summed E-state index contributed by atoms with van der Waals surface area (Å²) >= 11 is 0. The molecule has 1 aromatic carbocycles. The number of rotatable bonds is 8. The summed E-state index contributed by atoms with van der Waals surface area (Å²) < 4.78 is 10.7. The van der Waals surface area contributed by atoms with Gasteiger partial charge in [0, 0.05) is 12.6 Å². The summed E-state index contributed by atoms with van der Waals surface area (Å²) in [6, 6.07) is 9.71. The lowest BCUT2D eigenvalue weighted by Crippen LogP contribution is -2.55. The Morgan fingerprint density at radius 2 is 1.95 bits per heavy atom. The minimum absolute atomic E-state index is 0.125. The number of hydrogen-bond acceptors (Lipinski definition) is 4. The van der Waals surface area contributed by atoms with Gasteiger partial charge in [-0.05, 0) is 25.8 Å². The predicted octanol–water partition coefficient (Wildman–Crippen LogP) is 2.48. The van der Waals surface area contributed by atoms with E-state index < -0.39 is 5.54 Å². The van der Waals surface area contributed by atoms with Crippen LogP contribution in [-0.2, 0) is 19.8 Å². The average molecular weight is 279 g/mol. The van der Waals surface area contributed by atoms with E-state index in [4.69, 9.17) is 9.47 Å². The molecule has 1 rings (SSSR count). The van der Waals surface area contributed by atoms with Crippen LogP contribution >= 0.6 is 0 Å². The number of benzene rings is 1. The number of ether oxygens (including phenoxy) is 2. The zero-order chi connectivity index (χ0) is 15.0. The molecule has 0 amide bonds. The van der Waals surface area contributed by atoms with Gasteiger partial charge in [0.05, 0.1) is 13.7 Å². The van der Waals surface area contributed by atoms with Crippen LogP contribution in [0.5, 0.6) is 0 Å². The standard InChI is InChI=1S/C16H25NO3/c1-5-11-20-12-16(15(18)19-4,17-13(2)3)14-9-7-6-8-10-14/h6-10,13,17H,5,11-12H2,1-4H3. The van der Waals surface area contributed by atoms with Crippen molar-refractivity contribution in [2.75, 3.05) is 20.3 Å². The minimum atomic E-state index is -0.959. The lowest BCUT2D eigenvalue weighted by atomic mass is 9.89. The monoisotopic (exact) mass is 279 g/mol. The maximum Gasteiger partial charge on any atom is 0.333 e. The van der Waals surface area contributed by atoms with E-state index in [2.05, 4.69) is 5.32 Å². The summed E-state index contributed by atoms with van der Waals surface area (Å²) in [5, 5.41) is 3.32. The molecule has 0 aromatic heterocycles. The second kappa shape index (κ2) is 8.02. The molecule has 112 valence electrons. The molecule has 0 fully saturated rings. The summed E-state index contributed by atoms with van der Waals surface area (Å²) in [5.41, 5.74) is -0.101. The molecule has 0 heterocycles. The second-order valence-corrected chi connectivity index (χ2v) is 5.11. The van der Waals surface area contributed by atoms with E-state index in [1.807, 2.05) is 51.1 Å². The van der Waals surface area contributed by atoms with Gasteiger partial charge in [0.25, 0.3) is 0 Å². The fraction of sp³-hybridized carbons (Fsp3) is 0.562. The first-order valence-electron chi connectivity index (χ1n) is 7.06. The molecule has 0 radical (unpaired) electrons. The lowest BCUT2D eigenvalue weighted by molar-refractivity contribution is -0.152. The molecule has 4 heteroatoms. The van der Waals surface area contributed by atoms with Gasteiger partial charge in [0.2, 0.25) is 0 Å². The molecule has 4 nitrogen and oxygen atoms in total. The van der Waals surface area contributed by atoms with E-state index in [1.165, 1.54) is 7.11 Å². The van der Waals surface area contributed by atoms with Crippen molar-refractivity contribution in [1.82, 2.24) is 5.32 Å². The number of esters is 1. The molecule has 1 aromatic rings. The van der Waals surface area contributed by atoms with Crippen LogP contribution < -0.4 is 5.32 Å². The van der Waals surface area contributed by atoms with Crippen molar-refractivity contribution < 1.29 is 14.3 Å². The van der Waals surface area contributed by atoms with E-state index in [-0.39, 0.29) is 18.6 Å². The Morgan fingerprint density at radius 3 is 2.45 bits per heavy atom. The van der Waals surface area contributed by atoms with Gasteiger partial charge in [-0.25, -0.2) is 4.79 Å². The Kier molecular flexibility index (Phi) is 6.68. The van der Waals surface area contributed by atoms with Crippen LogP contribution in [0, 0.1) is 0 Å². The SMILES string of the molecule is CCCOCC(NC(C)C)(C(=O)OC)c1ccccc1. The first kappa shape index (κ1) is 16.7. The fourth-order valence-corrected chi connectivity index (χ4v) is 2.20. The smallest absolute Gasteiger partial charge is 0.333 e. The molecule has 20 heavy (non-hydrogen) atoms. The fourth-order valence-electron chi connectivity index (χ4n) is 2.20. The quantitative estimate of drug-likeness (QED) is 0.586. The highest BCUT2D eigenvalue weighted by Gasteiger charge is 2.42. The highest BCUT2D eigenvalue weighted by molar-refractivity contribution is 5.83. The summed E-state index contributed by atoms with van der Waals surface area (Å²) in [4.78, 5) is 12.4. The van der Waals surface area contributed by atoms with Crippen LogP contribution in [0.4, 0.5) is 0 Å². The van der Waals surface area contributed by atoms with Crippen LogP contribution in [0.1, 0.15) is 32.8 Å². The molecule has 1 unspecified atom stereocenters. The average Bonchev–Trinajstić information content (AvgIpc) is 2.46. The number of methoxy groups -OCH3 is 1. The zero-order valence-corrected chi connectivity index (χ0v) is 12.8. The predicted molar refractivity (Wildman–Crippen MR) is 79.5 cm³/mol. The van der Waals surface area contributed by atoms with Crippen molar-refractivity contribution in [3.8, 4) is 0 Å². The van der Waals surface area contributed by atoms with Crippen LogP contribution in [0.15, 0.2) is 30.3 Å². The normalized spacial score (nSPS) is 14.1. The van der Waals surface area contributed by atoms with Gasteiger partial charge < -0.3 is 9.47 Å². The number of carbonyl (C=O) groups is 1. The Labute approximate surface area is 121 Å². The number of carbonyl (C=O) groups excluding carboxylic acids is 1. The van der Waals surface area contributed by atoms with Gasteiger partial charge in [-0.1, -0.05) is 37.3 Å². The molecule has 0 saturated heterocycles. The van der Waals surface area contributed by atoms with Crippen LogP contribution in [0.2, 0.25) is 0 Å². The Morgan fingerprint density at radius 1 is 1.30 bits per heavy atom. The second-order valence-electron chi connectivity index (χ2n) is 5.11. The minimum Gasteiger partial charge on any atom is -0.467 e. The molecule has 0 aliphatic rings. The largest absolute Gasteiger partial charge is 0.467 e. The van der Waals surface area contributed by atoms with Crippen molar-refractivity contribution in [3.63, 3.8) is 0 Å². The third kappa shape index (κ3) is 4.05. The number of nitrogens with one attached hydrogen (secondary N) is 1. The maximum atomic E-state index is 12.4. The molecule has 0 saturated carbocycles. The van der Waals surface area contributed by atoms with Crippen molar-refractivity contribution in [2.24, 2.45) is 0 Å². The van der Waals surface area contributed by atoms with Crippen LogP contribution in [0.3, 0.4) is 0 Å². The van der Waals surface area contributed by atoms with E-state index >= 15 is 0 Å². The Bertz CT molecular complexity index is 405. The van der Waals surface area contributed by atoms with Crippen molar-refractivity contribution >= 4 is 5.97 Å². The first-order valence-corrected chi connectivity index (χ1v) is 7.06. The molecular weight excluding hydrogens is 254 g/mol. The van der Waals surface area contributed by atoms with Gasteiger partial charge >= 0.3 is 5.97 Å². The first-order chi connectivity index (χ1) is 9.56. The van der Waals surface area contributed by atoms with Crippen molar-refractivity contribution in [3.05, 3.63) is 35.9 Å². The van der Waals surface area contributed by atoms with Gasteiger partial charge in [-0.2, -0.15) is 0 Å². The molecular formula is C16H25NO3. The summed E-state index contributed by atoms with van der Waals surface area (Å²) in [5.74, 6) is -0.325. The van der Waals surface area contributed by atoms with Gasteiger partial charge in [0.1, 0.15) is 0 Å². The topological polar surface area (TPSA) is 47.6 Å².